The number of ether oxygens (including phenoxy) is 2. The Balaban J connectivity index is 2.00. The van der Waals surface area contributed by atoms with Crippen molar-refractivity contribution in [1.29, 1.82) is 0 Å². The van der Waals surface area contributed by atoms with Gasteiger partial charge in [0, 0.05) is 6.07 Å². The van der Waals surface area contributed by atoms with Crippen LogP contribution in [0.5, 0.6) is 17.2 Å². The summed E-state index contributed by atoms with van der Waals surface area (Å²) < 4.78 is 10.8. The second-order valence-electron chi connectivity index (χ2n) is 5.64. The standard InChI is InChI=1S/C17H12N4O7S/c1-27-14-4-2-9(6-11-16(22)19-17(29)18-11)7-15(14)28-13-5-3-10(20(23)24)8-12(13)21(25)26/h2-8H,1H3,(H2,18,19,22,29)/b11-6-. The summed E-state index contributed by atoms with van der Waals surface area (Å²) >= 11 is 4.87. The molecule has 0 spiro atoms. The smallest absolute Gasteiger partial charge is 0.318 e. The van der Waals surface area contributed by atoms with Gasteiger partial charge in [-0.2, -0.15) is 0 Å². The van der Waals surface area contributed by atoms with Crippen LogP contribution in [0.2, 0.25) is 0 Å². The molecular weight excluding hydrogens is 404 g/mol. The molecule has 1 aliphatic heterocycles. The highest BCUT2D eigenvalue weighted by molar-refractivity contribution is 7.80. The second-order valence-corrected chi connectivity index (χ2v) is 6.05. The van der Waals surface area contributed by atoms with Gasteiger partial charge >= 0.3 is 5.69 Å². The zero-order chi connectivity index (χ0) is 21.1. The van der Waals surface area contributed by atoms with Crippen LogP contribution in [0.4, 0.5) is 11.4 Å². The number of amides is 1. The maximum Gasteiger partial charge on any atom is 0.318 e. The summed E-state index contributed by atoms with van der Waals surface area (Å²) in [6.07, 6.45) is 1.51. The van der Waals surface area contributed by atoms with Crippen LogP contribution in [0.1, 0.15) is 5.56 Å². The summed E-state index contributed by atoms with van der Waals surface area (Å²) in [6.45, 7) is 0. The van der Waals surface area contributed by atoms with Gasteiger partial charge in [0.25, 0.3) is 11.6 Å². The third-order valence-corrected chi connectivity index (χ3v) is 3.99. The Kier molecular flexibility index (Phi) is 5.36. The fraction of sp³-hybridized carbons (Fsp3) is 0.0588. The van der Waals surface area contributed by atoms with E-state index in [1.165, 1.54) is 19.3 Å². The van der Waals surface area contributed by atoms with Crippen molar-refractivity contribution in [1.82, 2.24) is 10.6 Å². The van der Waals surface area contributed by atoms with Crippen LogP contribution < -0.4 is 20.1 Å². The van der Waals surface area contributed by atoms with Gasteiger partial charge in [0.05, 0.1) is 23.0 Å². The number of thiocarbonyl (C=S) groups is 1. The number of nitro groups is 2. The lowest BCUT2D eigenvalue weighted by Crippen LogP contribution is -2.21. The van der Waals surface area contributed by atoms with E-state index < -0.39 is 27.1 Å². The van der Waals surface area contributed by atoms with Crippen LogP contribution >= 0.6 is 12.2 Å². The van der Waals surface area contributed by atoms with E-state index in [0.717, 1.165) is 18.2 Å². The van der Waals surface area contributed by atoms with Crippen molar-refractivity contribution in [3.63, 3.8) is 0 Å². The number of hydrogen-bond acceptors (Lipinski definition) is 8. The molecule has 2 N–H and O–H groups in total. The van der Waals surface area contributed by atoms with Gasteiger partial charge in [-0.15, -0.1) is 0 Å². The third kappa shape index (κ3) is 4.27. The molecule has 148 valence electrons. The first-order valence-corrected chi connectivity index (χ1v) is 8.32. The summed E-state index contributed by atoms with van der Waals surface area (Å²) in [7, 11) is 1.38. The number of carbonyl (C=O) groups is 1. The SMILES string of the molecule is COc1ccc(/C=C2\NC(=S)NC2=O)cc1Oc1ccc([N+](=O)[O-])cc1[N+](=O)[O-]. The Morgan fingerprint density at radius 2 is 1.72 bits per heavy atom. The number of nitrogens with one attached hydrogen (secondary N) is 2. The molecule has 1 saturated heterocycles. The van der Waals surface area contributed by atoms with E-state index in [4.69, 9.17) is 21.7 Å². The lowest BCUT2D eigenvalue weighted by Gasteiger charge is -2.11. The molecule has 0 aromatic heterocycles. The van der Waals surface area contributed by atoms with Crippen LogP contribution in [0, 0.1) is 20.2 Å². The van der Waals surface area contributed by atoms with Crippen molar-refractivity contribution in [2.24, 2.45) is 0 Å². The average Bonchev–Trinajstić information content (AvgIpc) is 2.98. The van der Waals surface area contributed by atoms with Crippen molar-refractivity contribution in [2.75, 3.05) is 7.11 Å². The predicted molar refractivity (Wildman–Crippen MR) is 105 cm³/mol. The Bertz CT molecular complexity index is 1080. The van der Waals surface area contributed by atoms with E-state index in [9.17, 15) is 25.0 Å². The molecule has 0 saturated carbocycles. The Labute approximate surface area is 168 Å². The first-order chi connectivity index (χ1) is 13.8. The van der Waals surface area contributed by atoms with Crippen molar-refractivity contribution < 1.29 is 24.1 Å². The molecule has 1 aliphatic rings. The Morgan fingerprint density at radius 1 is 1.00 bits per heavy atom. The monoisotopic (exact) mass is 416 g/mol. The van der Waals surface area contributed by atoms with Crippen LogP contribution in [-0.2, 0) is 4.79 Å². The second kappa shape index (κ2) is 7.90. The van der Waals surface area contributed by atoms with E-state index in [0.29, 0.717) is 5.56 Å². The van der Waals surface area contributed by atoms with Crippen LogP contribution in [-0.4, -0.2) is 28.0 Å². The van der Waals surface area contributed by atoms with E-state index in [1.807, 2.05) is 0 Å². The molecule has 0 atom stereocenters. The molecule has 1 heterocycles. The summed E-state index contributed by atoms with van der Waals surface area (Å²) in [4.78, 5) is 32.4. The van der Waals surface area contributed by atoms with Crippen LogP contribution in [0.15, 0.2) is 42.1 Å². The van der Waals surface area contributed by atoms with Gasteiger partial charge < -0.3 is 14.8 Å². The largest absolute Gasteiger partial charge is 0.493 e. The molecule has 2 aromatic carbocycles. The molecule has 3 rings (SSSR count). The number of carbonyl (C=O) groups excluding carboxylic acids is 1. The van der Waals surface area contributed by atoms with Gasteiger partial charge in [0.15, 0.2) is 16.6 Å². The van der Waals surface area contributed by atoms with Crippen molar-refractivity contribution in [3.05, 3.63) is 67.9 Å². The molecular formula is C17H12N4O7S. The average molecular weight is 416 g/mol. The minimum atomic E-state index is -0.783. The van der Waals surface area contributed by atoms with Crippen molar-refractivity contribution in [3.8, 4) is 17.2 Å². The number of nitrogens with zero attached hydrogens (tertiary/aromatic N) is 2. The number of nitro benzene ring substituents is 2. The summed E-state index contributed by atoms with van der Waals surface area (Å²) in [5.74, 6) is -0.236. The highest BCUT2D eigenvalue weighted by atomic mass is 32.1. The summed E-state index contributed by atoms with van der Waals surface area (Å²) in [5, 5.41) is 27.5. The fourth-order valence-corrected chi connectivity index (χ4v) is 2.68. The normalized spacial score (nSPS) is 14.3. The fourth-order valence-electron chi connectivity index (χ4n) is 2.48. The molecule has 1 fully saturated rings. The molecule has 29 heavy (non-hydrogen) atoms. The van der Waals surface area contributed by atoms with Gasteiger partial charge in [-0.1, -0.05) is 6.07 Å². The lowest BCUT2D eigenvalue weighted by molar-refractivity contribution is -0.394. The third-order valence-electron chi connectivity index (χ3n) is 3.79. The van der Waals surface area contributed by atoms with Gasteiger partial charge in [-0.05, 0) is 42.1 Å². The van der Waals surface area contributed by atoms with E-state index in [1.54, 1.807) is 12.1 Å². The van der Waals surface area contributed by atoms with E-state index in [2.05, 4.69) is 10.6 Å². The molecule has 1 amide bonds. The topological polar surface area (TPSA) is 146 Å². The minimum absolute atomic E-state index is 0.111. The quantitative estimate of drug-likeness (QED) is 0.314. The van der Waals surface area contributed by atoms with E-state index >= 15 is 0 Å². The number of benzene rings is 2. The number of methoxy groups -OCH3 is 1. The van der Waals surface area contributed by atoms with E-state index in [-0.39, 0.29) is 28.1 Å². The van der Waals surface area contributed by atoms with Gasteiger partial charge in [0.1, 0.15) is 5.70 Å². The van der Waals surface area contributed by atoms with Gasteiger partial charge in [-0.25, -0.2) is 0 Å². The number of rotatable bonds is 6. The number of hydrogen-bond donors (Lipinski definition) is 2. The Hall–Kier alpha value is -4.06. The maximum atomic E-state index is 11.8. The summed E-state index contributed by atoms with van der Waals surface area (Å²) in [6, 6.07) is 7.71. The number of non-ortho nitro benzene ring substituents is 1. The van der Waals surface area contributed by atoms with Gasteiger partial charge in [0.2, 0.25) is 5.75 Å². The predicted octanol–water partition coefficient (Wildman–Crippen LogP) is 2.65. The van der Waals surface area contributed by atoms with Crippen molar-refractivity contribution in [2.45, 2.75) is 0 Å². The van der Waals surface area contributed by atoms with Gasteiger partial charge in [-0.3, -0.25) is 30.3 Å². The highest BCUT2D eigenvalue weighted by Crippen LogP contribution is 2.38. The zero-order valence-electron chi connectivity index (χ0n) is 14.7. The molecule has 0 bridgehead atoms. The Morgan fingerprint density at radius 3 is 2.31 bits per heavy atom. The van der Waals surface area contributed by atoms with Crippen LogP contribution in [0.25, 0.3) is 6.08 Å². The molecule has 11 nitrogen and oxygen atoms in total. The molecule has 0 aliphatic carbocycles. The maximum absolute atomic E-state index is 11.8. The van der Waals surface area contributed by atoms with Crippen LogP contribution in [0.3, 0.4) is 0 Å². The highest BCUT2D eigenvalue weighted by Gasteiger charge is 2.23. The lowest BCUT2D eigenvalue weighted by atomic mass is 10.1. The zero-order valence-corrected chi connectivity index (χ0v) is 15.5. The molecule has 0 unspecified atom stereocenters. The molecule has 2 aromatic rings. The first-order valence-electron chi connectivity index (χ1n) is 7.91. The minimum Gasteiger partial charge on any atom is -0.493 e. The summed E-state index contributed by atoms with van der Waals surface area (Å²) in [5.41, 5.74) is -0.281. The molecule has 0 radical (unpaired) electrons. The first kappa shape index (κ1) is 19.7. The van der Waals surface area contributed by atoms with Crippen molar-refractivity contribution >= 4 is 40.7 Å². The molecule has 12 heteroatoms.